The predicted molar refractivity (Wildman–Crippen MR) is 137 cm³/mol. The Morgan fingerprint density at radius 1 is 0.742 bits per heavy atom. The predicted octanol–water partition coefficient (Wildman–Crippen LogP) is 9.15. The number of hydrogen-bond donors (Lipinski definition) is 1. The number of rotatable bonds is 6. The molecule has 0 saturated carbocycles. The Labute approximate surface area is 195 Å². The Kier molecular flexibility index (Phi) is 7.49. The van der Waals surface area contributed by atoms with Gasteiger partial charge in [0.15, 0.2) is 0 Å². The zero-order valence-corrected chi connectivity index (χ0v) is 20.3. The van der Waals surface area contributed by atoms with Gasteiger partial charge >= 0.3 is 0 Å². The Morgan fingerprint density at radius 2 is 1.16 bits per heavy atom. The highest BCUT2D eigenvalue weighted by Crippen LogP contribution is 2.53. The molecule has 5 heteroatoms. The van der Waals surface area contributed by atoms with E-state index in [2.05, 4.69) is 25.9 Å². The molecule has 0 saturated heterocycles. The summed E-state index contributed by atoms with van der Waals surface area (Å²) in [5.41, 5.74) is 3.55. The van der Waals surface area contributed by atoms with Crippen molar-refractivity contribution in [2.45, 2.75) is 26.2 Å². The van der Waals surface area contributed by atoms with E-state index < -0.39 is 7.29 Å². The van der Waals surface area contributed by atoms with E-state index in [1.165, 1.54) is 5.56 Å². The maximum atomic E-state index is 14.0. The monoisotopic (exact) mass is 469 g/mol. The Balaban J connectivity index is 2.01. The van der Waals surface area contributed by atoms with Crippen LogP contribution in [0.2, 0.25) is 0 Å². The second kappa shape index (κ2) is 9.92. The number of halogens is 2. The lowest BCUT2D eigenvalue weighted by atomic mass is 9.87. The molecule has 0 aliphatic heterocycles. The van der Waals surface area contributed by atoms with Crippen molar-refractivity contribution < 1.29 is 4.57 Å². The van der Waals surface area contributed by atoms with Crippen LogP contribution in [0.1, 0.15) is 37.5 Å². The van der Waals surface area contributed by atoms with Crippen molar-refractivity contribution in [2.24, 2.45) is 0 Å². The first-order chi connectivity index (χ1) is 14.7. The second-order valence-corrected chi connectivity index (χ2v) is 11.3. The van der Waals surface area contributed by atoms with Gasteiger partial charge < -0.3 is 5.09 Å². The number of anilines is 1. The van der Waals surface area contributed by atoms with Gasteiger partial charge in [-0.15, -0.1) is 0 Å². The standard InChI is InChI=1S/C26H26Cl2NOP/c1-26(2,3)22-14-16-23(17-15-22)29-31(30,18-24(27)20-10-6-4-7-11-20)19-25(28)21-12-8-5-9-13-21/h4-19H,1-3H3,(H,29,30)/b24-18+,25-19?. The first-order valence-electron chi connectivity index (χ1n) is 10.0. The molecule has 0 aromatic heterocycles. The van der Waals surface area contributed by atoms with Crippen LogP contribution in [0.25, 0.3) is 10.1 Å². The van der Waals surface area contributed by atoms with E-state index >= 15 is 0 Å². The summed E-state index contributed by atoms with van der Waals surface area (Å²) in [6.45, 7) is 6.47. The number of hydrogen-bond acceptors (Lipinski definition) is 1. The smallest absolute Gasteiger partial charge is 0.216 e. The normalized spacial score (nSPS) is 14.7. The van der Waals surface area contributed by atoms with E-state index in [-0.39, 0.29) is 5.41 Å². The molecule has 0 radical (unpaired) electrons. The van der Waals surface area contributed by atoms with E-state index in [1.54, 1.807) is 11.6 Å². The van der Waals surface area contributed by atoms with Crippen LogP contribution in [-0.4, -0.2) is 0 Å². The summed E-state index contributed by atoms with van der Waals surface area (Å²) in [6.07, 6.45) is 0. The largest absolute Gasteiger partial charge is 0.330 e. The van der Waals surface area contributed by atoms with Gasteiger partial charge in [-0.05, 0) is 34.2 Å². The van der Waals surface area contributed by atoms with Crippen LogP contribution in [0, 0.1) is 0 Å². The van der Waals surface area contributed by atoms with Crippen molar-refractivity contribution in [3.8, 4) is 0 Å². The number of benzene rings is 3. The van der Waals surface area contributed by atoms with Gasteiger partial charge in [-0.3, -0.25) is 4.57 Å². The molecule has 0 bridgehead atoms. The first-order valence-corrected chi connectivity index (χ1v) is 12.6. The SMILES string of the molecule is CC(C)(C)c1ccc(NP(=O)(C=C(Cl)c2ccccc2)/C=C(/Cl)c2ccccc2)cc1. The van der Waals surface area contributed by atoms with Crippen LogP contribution >= 0.6 is 30.5 Å². The molecular formula is C26H26Cl2NOP. The molecule has 0 aliphatic rings. The molecule has 3 rings (SSSR count). The molecule has 1 atom stereocenters. The van der Waals surface area contributed by atoms with Gasteiger partial charge in [0.05, 0.1) is 10.1 Å². The van der Waals surface area contributed by atoms with Crippen molar-refractivity contribution in [2.75, 3.05) is 5.09 Å². The van der Waals surface area contributed by atoms with E-state index in [0.29, 0.717) is 10.1 Å². The number of nitrogens with one attached hydrogen (secondary N) is 1. The molecule has 160 valence electrons. The summed E-state index contributed by atoms with van der Waals surface area (Å²) in [5, 5.41) is 3.97. The van der Waals surface area contributed by atoms with Gasteiger partial charge in [-0.25, -0.2) is 0 Å². The minimum Gasteiger partial charge on any atom is -0.330 e. The van der Waals surface area contributed by atoms with Gasteiger partial charge in [0.25, 0.3) is 0 Å². The van der Waals surface area contributed by atoms with Crippen molar-refractivity contribution in [1.29, 1.82) is 0 Å². The topological polar surface area (TPSA) is 29.1 Å². The highest BCUT2D eigenvalue weighted by molar-refractivity contribution is 7.72. The summed E-state index contributed by atoms with van der Waals surface area (Å²) in [7, 11) is -3.28. The quantitative estimate of drug-likeness (QED) is 0.364. The van der Waals surface area contributed by atoms with Crippen molar-refractivity contribution in [3.05, 3.63) is 113 Å². The van der Waals surface area contributed by atoms with E-state index in [0.717, 1.165) is 16.8 Å². The second-order valence-electron chi connectivity index (χ2n) is 8.33. The van der Waals surface area contributed by atoms with Crippen molar-refractivity contribution >= 4 is 46.2 Å². The minimum atomic E-state index is -3.28. The molecule has 0 spiro atoms. The third-order valence-electron chi connectivity index (χ3n) is 4.76. The first kappa shape index (κ1) is 23.4. The van der Waals surface area contributed by atoms with Crippen LogP contribution in [0.4, 0.5) is 5.69 Å². The Bertz CT molecular complexity index is 1060. The highest BCUT2D eigenvalue weighted by atomic mass is 35.5. The van der Waals surface area contributed by atoms with Crippen LogP contribution in [0.3, 0.4) is 0 Å². The molecular weight excluding hydrogens is 444 g/mol. The lowest BCUT2D eigenvalue weighted by Crippen LogP contribution is -2.10. The summed E-state index contributed by atoms with van der Waals surface area (Å²) in [4.78, 5) is 0. The maximum Gasteiger partial charge on any atom is 0.216 e. The highest BCUT2D eigenvalue weighted by Gasteiger charge is 2.20. The van der Waals surface area contributed by atoms with Gasteiger partial charge in [-0.2, -0.15) is 0 Å². The lowest BCUT2D eigenvalue weighted by molar-refractivity contribution is 0.589. The van der Waals surface area contributed by atoms with Crippen LogP contribution < -0.4 is 5.09 Å². The third-order valence-corrected chi connectivity index (χ3v) is 7.61. The van der Waals surface area contributed by atoms with E-state index in [9.17, 15) is 4.57 Å². The van der Waals surface area contributed by atoms with E-state index in [1.807, 2.05) is 84.9 Å². The average molecular weight is 470 g/mol. The van der Waals surface area contributed by atoms with Crippen LogP contribution in [-0.2, 0) is 9.98 Å². The summed E-state index contributed by atoms with van der Waals surface area (Å²) in [5.74, 6) is 3.12. The molecule has 0 amide bonds. The lowest BCUT2D eigenvalue weighted by Gasteiger charge is -2.20. The molecule has 2 nitrogen and oxygen atoms in total. The summed E-state index contributed by atoms with van der Waals surface area (Å²) < 4.78 is 14.0. The Morgan fingerprint density at radius 3 is 1.55 bits per heavy atom. The van der Waals surface area contributed by atoms with Gasteiger partial charge in [0.1, 0.15) is 0 Å². The van der Waals surface area contributed by atoms with E-state index in [4.69, 9.17) is 23.2 Å². The molecule has 3 aromatic carbocycles. The molecule has 1 N–H and O–H groups in total. The molecule has 31 heavy (non-hydrogen) atoms. The summed E-state index contributed by atoms with van der Waals surface area (Å²) in [6, 6.07) is 26.8. The summed E-state index contributed by atoms with van der Waals surface area (Å²) >= 11 is 13.1. The van der Waals surface area contributed by atoms with Crippen molar-refractivity contribution in [1.82, 2.24) is 0 Å². The minimum absolute atomic E-state index is 0.0370. The van der Waals surface area contributed by atoms with Crippen LogP contribution in [0.5, 0.6) is 0 Å². The molecule has 1 unspecified atom stereocenters. The maximum absolute atomic E-state index is 14.0. The van der Waals surface area contributed by atoms with Gasteiger partial charge in [0.2, 0.25) is 7.29 Å². The Hall–Kier alpha value is -2.25. The fourth-order valence-electron chi connectivity index (χ4n) is 3.03. The molecule has 0 fully saturated rings. The zero-order chi connectivity index (χ0) is 22.5. The molecule has 0 aliphatic carbocycles. The average Bonchev–Trinajstić information content (AvgIpc) is 2.74. The molecule has 3 aromatic rings. The fourth-order valence-corrected chi connectivity index (χ4v) is 5.88. The fraction of sp³-hybridized carbons (Fsp3) is 0.154. The third kappa shape index (κ3) is 6.61. The van der Waals surface area contributed by atoms with Crippen LogP contribution in [0.15, 0.2) is 96.6 Å². The van der Waals surface area contributed by atoms with Crippen molar-refractivity contribution in [3.63, 3.8) is 0 Å². The van der Waals surface area contributed by atoms with Gasteiger partial charge in [-0.1, -0.05) is 117 Å². The van der Waals surface area contributed by atoms with Gasteiger partial charge in [0, 0.05) is 17.3 Å². The zero-order valence-electron chi connectivity index (χ0n) is 17.8. The molecule has 0 heterocycles.